The highest BCUT2D eigenvalue weighted by Gasteiger charge is 2.18. The van der Waals surface area contributed by atoms with Gasteiger partial charge in [0.1, 0.15) is 0 Å². The second-order valence-corrected chi connectivity index (χ2v) is 6.85. The van der Waals surface area contributed by atoms with Crippen molar-refractivity contribution in [3.63, 3.8) is 0 Å². The molecule has 1 N–H and O–H groups in total. The Morgan fingerprint density at radius 1 is 0.850 bits per heavy atom. The second kappa shape index (κ2) is 3.86. The van der Waals surface area contributed by atoms with Gasteiger partial charge in [0, 0.05) is 31.4 Å². The topological polar surface area (TPSA) is 15.8 Å². The fraction of sp³-hybridized carbons (Fsp3) is 0.222. The number of benzene rings is 2. The van der Waals surface area contributed by atoms with Crippen LogP contribution in [0.5, 0.6) is 0 Å². The molecule has 0 saturated carbocycles. The van der Waals surface area contributed by atoms with Gasteiger partial charge in [0.05, 0.1) is 0 Å². The Bertz CT molecular complexity index is 958. The number of nitrogens with one attached hydrogen (secondary N) is 1. The Balaban J connectivity index is 2.02. The largest absolute Gasteiger partial charge is 0.354 e. The third kappa shape index (κ3) is 1.32. The molecule has 5 rings (SSSR count). The average molecular weight is 277 g/mol. The molecule has 0 spiro atoms. The number of rotatable bonds is 0. The second-order valence-electron chi connectivity index (χ2n) is 5.75. The van der Waals surface area contributed by atoms with Crippen LogP contribution in [0.3, 0.4) is 0 Å². The van der Waals surface area contributed by atoms with Crippen molar-refractivity contribution in [2.75, 3.05) is 0 Å². The lowest BCUT2D eigenvalue weighted by Crippen LogP contribution is -1.97. The van der Waals surface area contributed by atoms with Crippen LogP contribution >= 0.6 is 11.3 Å². The maximum atomic E-state index is 3.56. The maximum Gasteiger partial charge on any atom is 0.0479 e. The lowest BCUT2D eigenvalue weighted by molar-refractivity contribution is 0.700. The molecule has 2 heteroatoms. The first-order chi connectivity index (χ1) is 9.92. The van der Waals surface area contributed by atoms with Gasteiger partial charge in [0.25, 0.3) is 0 Å². The summed E-state index contributed by atoms with van der Waals surface area (Å²) in [4.78, 5) is 5.19. The molecule has 1 aliphatic rings. The van der Waals surface area contributed by atoms with E-state index in [2.05, 4.69) is 41.4 Å². The summed E-state index contributed by atoms with van der Waals surface area (Å²) in [5, 5.41) is 4.30. The van der Waals surface area contributed by atoms with Gasteiger partial charge in [-0.3, -0.25) is 0 Å². The van der Waals surface area contributed by atoms with Gasteiger partial charge in [-0.05, 0) is 48.8 Å². The molecule has 0 unspecified atom stereocenters. The number of H-pyrrole nitrogens is 1. The van der Waals surface area contributed by atoms with Crippen molar-refractivity contribution in [1.29, 1.82) is 0 Å². The van der Waals surface area contributed by atoms with Gasteiger partial charge in [-0.2, -0.15) is 0 Å². The fourth-order valence-corrected chi connectivity index (χ4v) is 5.10. The van der Waals surface area contributed by atoms with Crippen LogP contribution in [0.25, 0.3) is 31.9 Å². The lowest BCUT2D eigenvalue weighted by atomic mass is 9.95. The van der Waals surface area contributed by atoms with Crippen LogP contribution in [-0.2, 0) is 12.8 Å². The Hall–Kier alpha value is -1.80. The van der Waals surface area contributed by atoms with Crippen molar-refractivity contribution in [2.45, 2.75) is 25.7 Å². The van der Waals surface area contributed by atoms with Crippen LogP contribution in [0.4, 0.5) is 0 Å². The first-order valence-corrected chi connectivity index (χ1v) is 8.17. The van der Waals surface area contributed by atoms with E-state index in [0.29, 0.717) is 0 Å². The molecule has 0 radical (unpaired) electrons. The molecule has 4 aromatic rings. The smallest absolute Gasteiger partial charge is 0.0479 e. The molecule has 0 atom stereocenters. The molecular weight excluding hydrogens is 262 g/mol. The van der Waals surface area contributed by atoms with E-state index in [1.165, 1.54) is 57.6 Å². The molecule has 0 bridgehead atoms. The molecule has 2 aromatic heterocycles. The summed E-state index contributed by atoms with van der Waals surface area (Å²) >= 11 is 2.03. The number of aromatic nitrogens is 1. The number of hydrogen-bond donors (Lipinski definition) is 1. The van der Waals surface area contributed by atoms with E-state index in [1.54, 1.807) is 10.4 Å². The summed E-state index contributed by atoms with van der Waals surface area (Å²) in [7, 11) is 0. The summed E-state index contributed by atoms with van der Waals surface area (Å²) in [6, 6.07) is 13.3. The number of hydrogen-bond acceptors (Lipinski definition) is 1. The lowest BCUT2D eigenvalue weighted by Gasteiger charge is -2.09. The molecule has 2 aromatic carbocycles. The van der Waals surface area contributed by atoms with Crippen LogP contribution in [0, 0.1) is 0 Å². The van der Waals surface area contributed by atoms with E-state index in [0.717, 1.165) is 0 Å². The predicted octanol–water partition coefficient (Wildman–Crippen LogP) is 5.41. The van der Waals surface area contributed by atoms with Crippen LogP contribution in [0.15, 0.2) is 36.4 Å². The third-order valence-electron chi connectivity index (χ3n) is 4.59. The molecule has 2 heterocycles. The molecule has 0 amide bonds. The van der Waals surface area contributed by atoms with Gasteiger partial charge >= 0.3 is 0 Å². The molecule has 1 nitrogen and oxygen atoms in total. The molecule has 20 heavy (non-hydrogen) atoms. The van der Waals surface area contributed by atoms with E-state index in [9.17, 15) is 0 Å². The average Bonchev–Trinajstić information content (AvgIpc) is 3.04. The zero-order chi connectivity index (χ0) is 13.1. The number of thiophene rings is 1. The molecule has 1 aliphatic carbocycles. The number of aromatic amines is 1. The van der Waals surface area contributed by atoms with Crippen LogP contribution in [-0.4, -0.2) is 4.98 Å². The Kier molecular flexibility index (Phi) is 2.11. The Labute approximate surface area is 121 Å². The summed E-state index contributed by atoms with van der Waals surface area (Å²) in [5.74, 6) is 0. The first kappa shape index (κ1) is 10.9. The summed E-state index contributed by atoms with van der Waals surface area (Å²) in [5.41, 5.74) is 4.15. The summed E-state index contributed by atoms with van der Waals surface area (Å²) in [6.07, 6.45) is 5.25. The Morgan fingerprint density at radius 2 is 1.75 bits per heavy atom. The van der Waals surface area contributed by atoms with Gasteiger partial charge < -0.3 is 4.98 Å². The molecule has 0 fully saturated rings. The van der Waals surface area contributed by atoms with Gasteiger partial charge in [0.15, 0.2) is 0 Å². The van der Waals surface area contributed by atoms with Crippen LogP contribution < -0.4 is 0 Å². The minimum atomic E-state index is 1.25. The van der Waals surface area contributed by atoms with Crippen molar-refractivity contribution in [3.05, 3.63) is 46.8 Å². The summed E-state index contributed by atoms with van der Waals surface area (Å²) < 4.78 is 1.49. The van der Waals surface area contributed by atoms with Crippen molar-refractivity contribution < 1.29 is 0 Å². The van der Waals surface area contributed by atoms with E-state index < -0.39 is 0 Å². The quantitative estimate of drug-likeness (QED) is 0.442. The fourth-order valence-electron chi connectivity index (χ4n) is 3.65. The molecular formula is C18H15NS. The Morgan fingerprint density at radius 3 is 2.75 bits per heavy atom. The van der Waals surface area contributed by atoms with E-state index in [1.807, 2.05) is 11.3 Å². The van der Waals surface area contributed by atoms with Gasteiger partial charge in [-0.1, -0.05) is 24.3 Å². The normalized spacial score (nSPS) is 15.2. The van der Waals surface area contributed by atoms with Crippen molar-refractivity contribution >= 4 is 43.2 Å². The standard InChI is InChI=1S/C18H15NS/c1-3-7-14-13(6-1)17-15(19-14)10-9-12-11-5-2-4-8-16(11)20-18(12)17/h1,3,6-7,9-10,19H,2,4-5,8H2. The maximum absolute atomic E-state index is 3.56. The number of para-hydroxylation sites is 1. The summed E-state index contributed by atoms with van der Waals surface area (Å²) in [6.45, 7) is 0. The minimum absolute atomic E-state index is 1.25. The number of fused-ring (bicyclic) bond motifs is 7. The number of aryl methyl sites for hydroxylation is 2. The zero-order valence-corrected chi connectivity index (χ0v) is 12.0. The van der Waals surface area contributed by atoms with E-state index >= 15 is 0 Å². The molecule has 98 valence electrons. The molecule has 0 aliphatic heterocycles. The van der Waals surface area contributed by atoms with Gasteiger partial charge in [-0.15, -0.1) is 11.3 Å². The molecule has 0 saturated heterocycles. The monoisotopic (exact) mass is 277 g/mol. The zero-order valence-electron chi connectivity index (χ0n) is 11.2. The van der Waals surface area contributed by atoms with Crippen molar-refractivity contribution in [1.82, 2.24) is 4.98 Å². The van der Waals surface area contributed by atoms with E-state index in [-0.39, 0.29) is 0 Å². The van der Waals surface area contributed by atoms with Crippen molar-refractivity contribution in [2.24, 2.45) is 0 Å². The highest BCUT2D eigenvalue weighted by atomic mass is 32.1. The van der Waals surface area contributed by atoms with Crippen LogP contribution in [0.1, 0.15) is 23.3 Å². The van der Waals surface area contributed by atoms with Crippen LogP contribution in [0.2, 0.25) is 0 Å². The predicted molar refractivity (Wildman–Crippen MR) is 87.8 cm³/mol. The first-order valence-electron chi connectivity index (χ1n) is 7.35. The van der Waals surface area contributed by atoms with Gasteiger partial charge in [-0.25, -0.2) is 0 Å². The third-order valence-corrected chi connectivity index (χ3v) is 5.92. The highest BCUT2D eigenvalue weighted by molar-refractivity contribution is 7.20. The van der Waals surface area contributed by atoms with E-state index in [4.69, 9.17) is 0 Å². The van der Waals surface area contributed by atoms with Crippen molar-refractivity contribution in [3.8, 4) is 0 Å². The highest BCUT2D eigenvalue weighted by Crippen LogP contribution is 2.42. The SMILES string of the molecule is c1ccc2c(c1)[nH]c1ccc3c4c(sc3c12)CCCC4. The minimum Gasteiger partial charge on any atom is -0.354 e. The van der Waals surface area contributed by atoms with Gasteiger partial charge in [0.2, 0.25) is 0 Å².